The fraction of sp³-hybridized carbons (Fsp3) is 0. The number of rotatable bonds is 4. The number of carbonyl (C=O) groups is 3. The number of nitro benzene ring substituents is 1. The largest absolute Gasteiger partial charge is 0.478 e. The quantitative estimate of drug-likeness (QED) is 0.149. The summed E-state index contributed by atoms with van der Waals surface area (Å²) in [7, 11) is 0. The van der Waals surface area contributed by atoms with Crippen LogP contribution in [-0.2, 0) is 0 Å². The Bertz CT molecular complexity index is 1230. The molecule has 0 atom stereocenters. The highest BCUT2D eigenvalue weighted by atomic mass is 79.9. The highest BCUT2D eigenvalue weighted by Gasteiger charge is 2.13. The molecule has 3 aromatic carbocycles. The topological polar surface area (TPSA) is 181 Å². The van der Waals surface area contributed by atoms with Gasteiger partial charge in [-0.05, 0) is 42.5 Å². The first-order valence-corrected chi connectivity index (χ1v) is 10.8. The molecule has 3 rings (SSSR count). The van der Waals surface area contributed by atoms with Crippen molar-refractivity contribution in [2.24, 2.45) is 0 Å². The second-order valence-corrected chi connectivity index (χ2v) is 8.34. The number of aromatic carboxylic acids is 3. The van der Waals surface area contributed by atoms with E-state index >= 15 is 0 Å². The Kier molecular flexibility index (Phi) is 11.4. The molecule has 0 aliphatic carbocycles. The molecule has 0 saturated heterocycles. The lowest BCUT2D eigenvalue weighted by Crippen LogP contribution is -1.98. The lowest BCUT2D eigenvalue weighted by molar-refractivity contribution is -0.384. The molecule has 0 bridgehead atoms. The maximum absolute atomic E-state index is 10.4. The number of nitrogens with two attached hydrogens (primary N) is 1. The fourth-order valence-electron chi connectivity index (χ4n) is 2.16. The smallest absolute Gasteiger partial charge is 0.337 e. The second-order valence-electron chi connectivity index (χ2n) is 6.20. The Morgan fingerprint density at radius 1 is 0.743 bits per heavy atom. The van der Waals surface area contributed by atoms with Crippen LogP contribution in [0.25, 0.3) is 0 Å². The van der Waals surface area contributed by atoms with Crippen molar-refractivity contribution < 1.29 is 34.6 Å². The third kappa shape index (κ3) is 9.41. The monoisotopic (exact) mass is 606 g/mol. The van der Waals surface area contributed by atoms with Crippen LogP contribution in [0.3, 0.4) is 0 Å². The highest BCUT2D eigenvalue weighted by Crippen LogP contribution is 2.22. The number of anilines is 1. The third-order valence-electron chi connectivity index (χ3n) is 3.78. The molecule has 184 valence electrons. The summed E-state index contributed by atoms with van der Waals surface area (Å²) in [5.74, 6) is -3.27. The molecule has 10 nitrogen and oxygen atoms in total. The zero-order valence-corrected chi connectivity index (χ0v) is 21.0. The van der Waals surface area contributed by atoms with Gasteiger partial charge in [-0.15, -0.1) is 0 Å². The van der Waals surface area contributed by atoms with Crippen LogP contribution in [-0.4, -0.2) is 38.2 Å². The minimum Gasteiger partial charge on any atom is -0.478 e. The molecule has 0 radical (unpaired) electrons. The maximum atomic E-state index is 10.4. The first kappa shape index (κ1) is 29.7. The number of hydrogen-bond donors (Lipinski definition) is 4. The highest BCUT2D eigenvalue weighted by molar-refractivity contribution is 9.10. The Balaban J connectivity index is 0.000000264. The molecule has 0 spiro atoms. The van der Waals surface area contributed by atoms with Gasteiger partial charge in [-0.2, -0.15) is 0 Å². The molecule has 0 amide bonds. The summed E-state index contributed by atoms with van der Waals surface area (Å²) in [6, 6.07) is 12.1. The molecule has 0 aromatic heterocycles. The van der Waals surface area contributed by atoms with E-state index in [1.807, 2.05) is 0 Å². The number of halogens is 4. The normalized spacial score (nSPS) is 9.60. The van der Waals surface area contributed by atoms with Crippen molar-refractivity contribution in [2.75, 3.05) is 5.73 Å². The molecule has 0 aliphatic rings. The summed E-state index contributed by atoms with van der Waals surface area (Å²) in [4.78, 5) is 40.9. The Morgan fingerprint density at radius 3 is 1.51 bits per heavy atom. The van der Waals surface area contributed by atoms with E-state index in [0.29, 0.717) is 5.69 Å². The Hall–Kier alpha value is -3.38. The van der Waals surface area contributed by atoms with E-state index in [0.717, 1.165) is 22.7 Å². The lowest BCUT2D eigenvalue weighted by atomic mass is 10.2. The van der Waals surface area contributed by atoms with Crippen molar-refractivity contribution in [3.63, 3.8) is 0 Å². The zero-order valence-electron chi connectivity index (χ0n) is 17.1. The van der Waals surface area contributed by atoms with Crippen LogP contribution >= 0.6 is 50.7 Å². The van der Waals surface area contributed by atoms with Gasteiger partial charge in [0.15, 0.2) is 0 Å². The standard InChI is InChI=1S/C7H4BrClO2.C7H4ClNO4.C7H6ClNO2/c8-4-1-2-5(7(10)11)6(9)3-4;8-6-3-4(9(12)13)1-2-5(6)7(10)11;8-6-3-4(9)1-2-5(6)7(10)11/h1-3H,(H,10,11);1-3H,(H,10,11);1-3H,9H2,(H,10,11). The van der Waals surface area contributed by atoms with Crippen molar-refractivity contribution >= 4 is 80.0 Å². The third-order valence-corrected chi connectivity index (χ3v) is 5.21. The van der Waals surface area contributed by atoms with Crippen molar-refractivity contribution in [1.82, 2.24) is 0 Å². The average Bonchev–Trinajstić information content (AvgIpc) is 2.73. The molecule has 3 aromatic rings. The fourth-order valence-corrected chi connectivity index (χ4v) is 3.44. The van der Waals surface area contributed by atoms with Crippen LogP contribution in [0, 0.1) is 10.1 Å². The number of nitro groups is 1. The minimum absolute atomic E-state index is 0.0702. The van der Waals surface area contributed by atoms with Crippen LogP contribution in [0.5, 0.6) is 0 Å². The molecule has 0 aliphatic heterocycles. The summed E-state index contributed by atoms with van der Waals surface area (Å²) in [6.07, 6.45) is 0. The molecule has 5 N–H and O–H groups in total. The predicted molar refractivity (Wildman–Crippen MR) is 134 cm³/mol. The van der Waals surface area contributed by atoms with Gasteiger partial charge >= 0.3 is 17.9 Å². The van der Waals surface area contributed by atoms with Gasteiger partial charge in [-0.1, -0.05) is 50.7 Å². The van der Waals surface area contributed by atoms with Crippen LogP contribution in [0.2, 0.25) is 15.1 Å². The molecule has 0 saturated carbocycles. The van der Waals surface area contributed by atoms with Gasteiger partial charge in [0, 0.05) is 22.3 Å². The van der Waals surface area contributed by atoms with Gasteiger partial charge in [0.2, 0.25) is 0 Å². The first-order chi connectivity index (χ1) is 16.2. The number of nitrogens with zero attached hydrogens (tertiary/aromatic N) is 1. The number of hydrogen-bond acceptors (Lipinski definition) is 6. The Morgan fingerprint density at radius 2 is 1.14 bits per heavy atom. The number of carboxylic acids is 3. The van der Waals surface area contributed by atoms with Gasteiger partial charge in [0.1, 0.15) is 0 Å². The SMILES string of the molecule is Nc1ccc(C(=O)O)c(Cl)c1.O=C(O)c1ccc(Br)cc1Cl.O=C(O)c1ccc([N+](=O)[O-])cc1Cl. The van der Waals surface area contributed by atoms with Crippen LogP contribution < -0.4 is 5.73 Å². The van der Waals surface area contributed by atoms with E-state index in [-0.39, 0.29) is 37.4 Å². The molecule has 14 heteroatoms. The minimum atomic E-state index is -1.21. The lowest BCUT2D eigenvalue weighted by Gasteiger charge is -1.98. The van der Waals surface area contributed by atoms with Gasteiger partial charge in [0.25, 0.3) is 5.69 Å². The van der Waals surface area contributed by atoms with Crippen LogP contribution in [0.4, 0.5) is 11.4 Å². The van der Waals surface area contributed by atoms with Crippen LogP contribution in [0.15, 0.2) is 59.1 Å². The molecule has 0 fully saturated rings. The zero-order chi connectivity index (χ0) is 26.9. The summed E-state index contributed by atoms with van der Waals surface area (Å²) < 4.78 is 0.771. The van der Waals surface area contributed by atoms with E-state index in [1.54, 1.807) is 12.1 Å². The van der Waals surface area contributed by atoms with Crippen molar-refractivity contribution in [2.45, 2.75) is 0 Å². The number of benzene rings is 3. The first-order valence-electron chi connectivity index (χ1n) is 8.88. The van der Waals surface area contributed by atoms with E-state index < -0.39 is 22.8 Å². The Labute approximate surface area is 220 Å². The van der Waals surface area contributed by atoms with Crippen molar-refractivity contribution in [3.8, 4) is 0 Å². The van der Waals surface area contributed by atoms with Gasteiger partial charge in [-0.3, -0.25) is 10.1 Å². The summed E-state index contributed by atoms with van der Waals surface area (Å²) in [5, 5.41) is 36.1. The van der Waals surface area contributed by atoms with Crippen LogP contribution in [0.1, 0.15) is 31.1 Å². The second kappa shape index (κ2) is 13.5. The molecule has 0 unspecified atom stereocenters. The van der Waals surface area contributed by atoms with Gasteiger partial charge < -0.3 is 21.1 Å². The molecule has 0 heterocycles. The predicted octanol–water partition coefficient (Wildman–Crippen LogP) is 6.37. The average molecular weight is 609 g/mol. The number of carboxylic acid groups (broad SMARTS) is 3. The van der Waals surface area contributed by atoms with E-state index in [1.165, 1.54) is 24.3 Å². The summed E-state index contributed by atoms with van der Waals surface area (Å²) in [6.45, 7) is 0. The van der Waals surface area contributed by atoms with Crippen molar-refractivity contribution in [1.29, 1.82) is 0 Å². The van der Waals surface area contributed by atoms with E-state index in [9.17, 15) is 24.5 Å². The summed E-state index contributed by atoms with van der Waals surface area (Å²) in [5.41, 5.74) is 5.63. The molecule has 35 heavy (non-hydrogen) atoms. The number of non-ortho nitro benzene ring substituents is 1. The van der Waals surface area contributed by atoms with Gasteiger partial charge in [-0.25, -0.2) is 14.4 Å². The van der Waals surface area contributed by atoms with Gasteiger partial charge in [0.05, 0.1) is 36.7 Å². The molecular weight excluding hydrogens is 595 g/mol. The van der Waals surface area contributed by atoms with Crippen molar-refractivity contribution in [3.05, 3.63) is 101 Å². The molecular formula is C21H14BrCl3N2O8. The van der Waals surface area contributed by atoms with E-state index in [4.69, 9.17) is 55.9 Å². The number of nitrogen functional groups attached to an aromatic ring is 1. The summed E-state index contributed by atoms with van der Waals surface area (Å²) >= 11 is 19.8. The maximum Gasteiger partial charge on any atom is 0.337 e. The van der Waals surface area contributed by atoms with E-state index in [2.05, 4.69) is 15.9 Å².